The van der Waals surface area contributed by atoms with Crippen LogP contribution in [0.2, 0.25) is 10.0 Å². The Labute approximate surface area is 122 Å². The normalized spacial score (nSPS) is 23.9. The maximum Gasteiger partial charge on any atom is 0.217 e. The summed E-state index contributed by atoms with van der Waals surface area (Å²) in [5.74, 6) is -0.334. The summed E-state index contributed by atoms with van der Waals surface area (Å²) in [4.78, 5) is 11.2. The van der Waals surface area contributed by atoms with Crippen LogP contribution < -0.4 is 11.1 Å². The summed E-state index contributed by atoms with van der Waals surface area (Å²) in [7, 11) is 0. The van der Waals surface area contributed by atoms with E-state index in [4.69, 9.17) is 33.7 Å². The number of carbonyl (C=O) groups is 1. The monoisotopic (exact) mass is 302 g/mol. The van der Waals surface area contributed by atoms with Crippen LogP contribution in [0.15, 0.2) is 18.2 Å². The minimum atomic E-state index is -0.331. The second kappa shape index (κ2) is 6.57. The van der Waals surface area contributed by atoms with Gasteiger partial charge < -0.3 is 15.8 Å². The molecule has 1 amide bonds. The molecule has 1 aromatic carbocycles. The van der Waals surface area contributed by atoms with Gasteiger partial charge in [0.05, 0.1) is 22.8 Å². The van der Waals surface area contributed by atoms with Crippen molar-refractivity contribution in [3.63, 3.8) is 0 Å². The number of hydrogen-bond donors (Lipinski definition) is 2. The highest BCUT2D eigenvalue weighted by Crippen LogP contribution is 2.33. The number of benzene rings is 1. The molecule has 19 heavy (non-hydrogen) atoms. The first-order valence-corrected chi connectivity index (χ1v) is 6.89. The summed E-state index contributed by atoms with van der Waals surface area (Å²) in [6.45, 7) is 2.03. The lowest BCUT2D eigenvalue weighted by Crippen LogP contribution is -2.28. The van der Waals surface area contributed by atoms with Gasteiger partial charge in [0.2, 0.25) is 5.91 Å². The van der Waals surface area contributed by atoms with E-state index >= 15 is 0 Å². The molecule has 104 valence electrons. The standard InChI is InChI=1S/C13H16Cl2N2O2/c14-10-2-1-8(5-11(10)15)13-9(6-12(16)18)7-17-3-4-19-13/h1-2,5,9,13,17H,3-4,6-7H2,(H2,16,18)/t9-,13+/m0/s1. The third-order valence-electron chi connectivity index (χ3n) is 3.15. The van der Waals surface area contributed by atoms with Crippen molar-refractivity contribution in [2.24, 2.45) is 11.7 Å². The van der Waals surface area contributed by atoms with E-state index in [1.165, 1.54) is 0 Å². The summed E-state index contributed by atoms with van der Waals surface area (Å²) in [6.07, 6.45) is 0.0787. The van der Waals surface area contributed by atoms with Gasteiger partial charge in [-0.25, -0.2) is 0 Å². The quantitative estimate of drug-likeness (QED) is 0.899. The topological polar surface area (TPSA) is 64.4 Å². The average Bonchev–Trinajstić information content (AvgIpc) is 2.57. The fourth-order valence-electron chi connectivity index (χ4n) is 2.28. The Kier molecular flexibility index (Phi) is 5.05. The van der Waals surface area contributed by atoms with Crippen molar-refractivity contribution in [2.75, 3.05) is 19.7 Å². The average molecular weight is 303 g/mol. The molecule has 1 aliphatic rings. The molecule has 1 aliphatic heterocycles. The number of amides is 1. The van der Waals surface area contributed by atoms with E-state index in [9.17, 15) is 4.79 Å². The second-order valence-electron chi connectivity index (χ2n) is 4.60. The highest BCUT2D eigenvalue weighted by atomic mass is 35.5. The van der Waals surface area contributed by atoms with Crippen LogP contribution in [0.25, 0.3) is 0 Å². The first-order chi connectivity index (χ1) is 9.08. The van der Waals surface area contributed by atoms with Crippen LogP contribution >= 0.6 is 23.2 Å². The Morgan fingerprint density at radius 1 is 1.42 bits per heavy atom. The predicted octanol–water partition coefficient (Wildman–Crippen LogP) is 2.15. The molecule has 1 aromatic rings. The summed E-state index contributed by atoms with van der Waals surface area (Å²) in [6, 6.07) is 5.40. The van der Waals surface area contributed by atoms with Crippen molar-refractivity contribution >= 4 is 29.1 Å². The fourth-order valence-corrected chi connectivity index (χ4v) is 2.59. The number of rotatable bonds is 3. The highest BCUT2D eigenvalue weighted by molar-refractivity contribution is 6.42. The lowest BCUT2D eigenvalue weighted by atomic mass is 9.92. The summed E-state index contributed by atoms with van der Waals surface area (Å²) in [5, 5.41) is 4.22. The zero-order chi connectivity index (χ0) is 13.8. The maximum absolute atomic E-state index is 11.2. The molecular weight excluding hydrogens is 287 g/mol. The molecule has 0 bridgehead atoms. The molecule has 6 heteroatoms. The van der Waals surface area contributed by atoms with Crippen LogP contribution in [0.5, 0.6) is 0 Å². The van der Waals surface area contributed by atoms with Crippen LogP contribution in [0.3, 0.4) is 0 Å². The Hall–Kier alpha value is -0.810. The number of nitrogens with two attached hydrogens (primary N) is 1. The van der Waals surface area contributed by atoms with Gasteiger partial charge >= 0.3 is 0 Å². The van der Waals surface area contributed by atoms with Gasteiger partial charge in [-0.05, 0) is 17.7 Å². The van der Waals surface area contributed by atoms with Gasteiger partial charge in [-0.2, -0.15) is 0 Å². The molecule has 0 radical (unpaired) electrons. The van der Waals surface area contributed by atoms with Crippen LogP contribution in [-0.4, -0.2) is 25.6 Å². The second-order valence-corrected chi connectivity index (χ2v) is 5.41. The Morgan fingerprint density at radius 3 is 2.89 bits per heavy atom. The van der Waals surface area contributed by atoms with Crippen LogP contribution in [0.4, 0.5) is 0 Å². The minimum absolute atomic E-state index is 0.00255. The van der Waals surface area contributed by atoms with Crippen molar-refractivity contribution in [3.8, 4) is 0 Å². The molecule has 2 atom stereocenters. The molecule has 1 fully saturated rings. The van der Waals surface area contributed by atoms with Crippen molar-refractivity contribution in [1.82, 2.24) is 5.32 Å². The first kappa shape index (κ1) is 14.6. The fraction of sp³-hybridized carbons (Fsp3) is 0.462. The smallest absolute Gasteiger partial charge is 0.217 e. The van der Waals surface area contributed by atoms with Gasteiger partial charge in [0.1, 0.15) is 0 Å². The van der Waals surface area contributed by atoms with E-state index < -0.39 is 0 Å². The van der Waals surface area contributed by atoms with Crippen LogP contribution in [0.1, 0.15) is 18.1 Å². The molecule has 0 saturated carbocycles. The van der Waals surface area contributed by atoms with Gasteiger partial charge in [-0.1, -0.05) is 29.3 Å². The predicted molar refractivity (Wildman–Crippen MR) is 75.3 cm³/mol. The maximum atomic E-state index is 11.2. The lowest BCUT2D eigenvalue weighted by Gasteiger charge is -2.24. The van der Waals surface area contributed by atoms with Crippen molar-refractivity contribution in [3.05, 3.63) is 33.8 Å². The summed E-state index contributed by atoms with van der Waals surface area (Å²) < 4.78 is 5.83. The third-order valence-corrected chi connectivity index (χ3v) is 3.89. The zero-order valence-corrected chi connectivity index (χ0v) is 11.9. The van der Waals surface area contributed by atoms with E-state index in [-0.39, 0.29) is 24.3 Å². The molecule has 4 nitrogen and oxygen atoms in total. The number of halogens is 2. The highest BCUT2D eigenvalue weighted by Gasteiger charge is 2.27. The van der Waals surface area contributed by atoms with E-state index in [0.29, 0.717) is 23.2 Å². The summed E-state index contributed by atoms with van der Waals surface area (Å²) in [5.41, 5.74) is 6.22. The van der Waals surface area contributed by atoms with E-state index in [2.05, 4.69) is 5.32 Å². The third kappa shape index (κ3) is 3.83. The van der Waals surface area contributed by atoms with E-state index in [1.54, 1.807) is 12.1 Å². The van der Waals surface area contributed by atoms with Crippen LogP contribution in [0, 0.1) is 5.92 Å². The number of primary amides is 1. The van der Waals surface area contributed by atoms with Gasteiger partial charge in [0.25, 0.3) is 0 Å². The van der Waals surface area contributed by atoms with Crippen LogP contribution in [-0.2, 0) is 9.53 Å². The SMILES string of the molecule is NC(=O)C[C@H]1CNCCO[C@@H]1c1ccc(Cl)c(Cl)c1. The molecular formula is C13H16Cl2N2O2. The number of ether oxygens (including phenoxy) is 1. The summed E-state index contributed by atoms with van der Waals surface area (Å²) >= 11 is 11.9. The minimum Gasteiger partial charge on any atom is -0.372 e. The van der Waals surface area contributed by atoms with Crippen molar-refractivity contribution in [1.29, 1.82) is 0 Å². The largest absolute Gasteiger partial charge is 0.372 e. The van der Waals surface area contributed by atoms with Gasteiger partial charge in [-0.15, -0.1) is 0 Å². The lowest BCUT2D eigenvalue weighted by molar-refractivity contribution is -0.120. The van der Waals surface area contributed by atoms with Gasteiger partial charge in [0, 0.05) is 25.4 Å². The van der Waals surface area contributed by atoms with Crippen molar-refractivity contribution in [2.45, 2.75) is 12.5 Å². The van der Waals surface area contributed by atoms with E-state index in [1.807, 2.05) is 6.07 Å². The van der Waals surface area contributed by atoms with Gasteiger partial charge in [-0.3, -0.25) is 4.79 Å². The molecule has 2 rings (SSSR count). The molecule has 0 unspecified atom stereocenters. The Bertz CT molecular complexity index is 468. The van der Waals surface area contributed by atoms with E-state index in [0.717, 1.165) is 12.1 Å². The molecule has 3 N–H and O–H groups in total. The number of hydrogen-bond acceptors (Lipinski definition) is 3. The molecule has 0 aromatic heterocycles. The van der Waals surface area contributed by atoms with Gasteiger partial charge in [0.15, 0.2) is 0 Å². The molecule has 0 spiro atoms. The number of carbonyl (C=O) groups excluding carboxylic acids is 1. The molecule has 0 aliphatic carbocycles. The Balaban J connectivity index is 2.25. The molecule has 1 saturated heterocycles. The Morgan fingerprint density at radius 2 is 2.21 bits per heavy atom. The first-order valence-electron chi connectivity index (χ1n) is 6.13. The van der Waals surface area contributed by atoms with Crippen molar-refractivity contribution < 1.29 is 9.53 Å². The molecule has 1 heterocycles. The zero-order valence-electron chi connectivity index (χ0n) is 10.4. The number of nitrogens with one attached hydrogen (secondary N) is 1.